The highest BCUT2D eigenvalue weighted by molar-refractivity contribution is 7.99. The first-order valence-electron chi connectivity index (χ1n) is 4.16. The zero-order chi connectivity index (χ0) is 11.3. The summed E-state index contributed by atoms with van der Waals surface area (Å²) >= 11 is 0.435. The molecule has 0 N–H and O–H groups in total. The van der Waals surface area contributed by atoms with Crippen molar-refractivity contribution in [3.8, 4) is 11.8 Å². The van der Waals surface area contributed by atoms with Crippen LogP contribution < -0.4 is 4.74 Å². The highest BCUT2D eigenvalue weighted by atomic mass is 32.2. The first-order valence-corrected chi connectivity index (χ1v) is 5.04. The lowest BCUT2D eigenvalue weighted by Crippen LogP contribution is -1.91. The fourth-order valence-corrected chi connectivity index (χ4v) is 1.70. The van der Waals surface area contributed by atoms with Gasteiger partial charge in [0.1, 0.15) is 5.75 Å². The van der Waals surface area contributed by atoms with Crippen LogP contribution in [0.3, 0.4) is 0 Å². The van der Waals surface area contributed by atoms with Gasteiger partial charge in [0, 0.05) is 0 Å². The van der Waals surface area contributed by atoms with Crippen LogP contribution in [-0.4, -0.2) is 12.9 Å². The molecule has 0 spiro atoms. The fraction of sp³-hybridized carbons (Fsp3) is 0.300. The summed E-state index contributed by atoms with van der Waals surface area (Å²) in [7, 11) is 1.42. The number of halogens is 2. The van der Waals surface area contributed by atoms with Crippen LogP contribution in [0.15, 0.2) is 23.1 Å². The fourth-order valence-electron chi connectivity index (χ4n) is 1.11. The van der Waals surface area contributed by atoms with Gasteiger partial charge in [-0.25, -0.2) is 0 Å². The molecule has 0 saturated heterocycles. The molecule has 5 heteroatoms. The first-order chi connectivity index (χ1) is 7.17. The quantitative estimate of drug-likeness (QED) is 0.744. The summed E-state index contributed by atoms with van der Waals surface area (Å²) in [6, 6.07) is 6.78. The number of nitrogens with zero attached hydrogens (tertiary/aromatic N) is 1. The summed E-state index contributed by atoms with van der Waals surface area (Å²) in [5.74, 6) is -2.09. The van der Waals surface area contributed by atoms with Gasteiger partial charge in [0.15, 0.2) is 0 Å². The van der Waals surface area contributed by atoms with Crippen molar-refractivity contribution in [2.45, 2.75) is 17.1 Å². The Morgan fingerprint density at radius 1 is 1.53 bits per heavy atom. The highest BCUT2D eigenvalue weighted by Gasteiger charge is 2.10. The second-order valence-corrected chi connectivity index (χ2v) is 3.73. The number of nitriles is 1. The molecule has 80 valence electrons. The molecule has 0 radical (unpaired) electrons. The molecule has 1 aromatic carbocycles. The van der Waals surface area contributed by atoms with Gasteiger partial charge >= 0.3 is 0 Å². The van der Waals surface area contributed by atoms with Crippen molar-refractivity contribution in [1.29, 1.82) is 5.26 Å². The standard InChI is InChI=1S/C10H9F2NOS/c1-14-8-6-7(4-5-13)2-3-9(8)15-10(11)12/h2-3,6,10H,4H2,1H3. The number of hydrogen-bond acceptors (Lipinski definition) is 3. The Balaban J connectivity index is 2.94. The zero-order valence-electron chi connectivity index (χ0n) is 8.04. The van der Waals surface area contributed by atoms with E-state index in [2.05, 4.69) is 0 Å². The van der Waals surface area contributed by atoms with Gasteiger partial charge < -0.3 is 4.74 Å². The zero-order valence-corrected chi connectivity index (χ0v) is 8.85. The van der Waals surface area contributed by atoms with E-state index in [1.165, 1.54) is 7.11 Å². The van der Waals surface area contributed by atoms with E-state index in [0.29, 0.717) is 22.4 Å². The second kappa shape index (κ2) is 5.56. The minimum atomic E-state index is -2.47. The number of rotatable bonds is 4. The maximum atomic E-state index is 12.1. The SMILES string of the molecule is COc1cc(CC#N)ccc1SC(F)F. The molecule has 0 aliphatic carbocycles. The molecule has 15 heavy (non-hydrogen) atoms. The number of alkyl halides is 2. The van der Waals surface area contributed by atoms with Gasteiger partial charge in [0.05, 0.1) is 24.5 Å². The number of thioether (sulfide) groups is 1. The lowest BCUT2D eigenvalue weighted by molar-refractivity contribution is 0.251. The van der Waals surface area contributed by atoms with Crippen LogP contribution in [0.25, 0.3) is 0 Å². The Kier molecular flexibility index (Phi) is 4.37. The van der Waals surface area contributed by atoms with E-state index in [4.69, 9.17) is 10.00 Å². The molecule has 0 heterocycles. The highest BCUT2D eigenvalue weighted by Crippen LogP contribution is 2.34. The summed E-state index contributed by atoms with van der Waals surface area (Å²) in [4.78, 5) is 0.384. The van der Waals surface area contributed by atoms with Gasteiger partial charge in [-0.2, -0.15) is 14.0 Å². The summed E-state index contributed by atoms with van der Waals surface area (Å²) < 4.78 is 29.3. The maximum absolute atomic E-state index is 12.1. The molecule has 0 atom stereocenters. The van der Waals surface area contributed by atoms with Crippen molar-refractivity contribution in [3.05, 3.63) is 23.8 Å². The van der Waals surface area contributed by atoms with Gasteiger partial charge in [-0.05, 0) is 17.7 Å². The third-order valence-electron chi connectivity index (χ3n) is 1.73. The van der Waals surface area contributed by atoms with Gasteiger partial charge in [-0.1, -0.05) is 17.8 Å². The van der Waals surface area contributed by atoms with Crippen LogP contribution >= 0.6 is 11.8 Å². The van der Waals surface area contributed by atoms with Crippen LogP contribution in [-0.2, 0) is 6.42 Å². The Labute approximate surface area is 90.9 Å². The van der Waals surface area contributed by atoms with Crippen molar-refractivity contribution in [2.24, 2.45) is 0 Å². The van der Waals surface area contributed by atoms with Gasteiger partial charge in [-0.3, -0.25) is 0 Å². The molecule has 0 amide bonds. The molecular formula is C10H9F2NOS. The van der Waals surface area contributed by atoms with E-state index in [9.17, 15) is 8.78 Å². The largest absolute Gasteiger partial charge is 0.496 e. The monoisotopic (exact) mass is 229 g/mol. The molecule has 0 aliphatic rings. The van der Waals surface area contributed by atoms with Crippen molar-refractivity contribution < 1.29 is 13.5 Å². The average molecular weight is 229 g/mol. The molecule has 0 aromatic heterocycles. The van der Waals surface area contributed by atoms with Crippen molar-refractivity contribution in [3.63, 3.8) is 0 Å². The second-order valence-electron chi connectivity index (χ2n) is 2.70. The minimum Gasteiger partial charge on any atom is -0.496 e. The summed E-state index contributed by atoms with van der Waals surface area (Å²) in [6.07, 6.45) is 0.246. The number of benzene rings is 1. The molecule has 0 fully saturated rings. The van der Waals surface area contributed by atoms with Crippen LogP contribution in [0.4, 0.5) is 8.78 Å². The molecular weight excluding hydrogens is 220 g/mol. The number of methoxy groups -OCH3 is 1. The number of ether oxygens (including phenoxy) is 1. The summed E-state index contributed by atoms with van der Waals surface area (Å²) in [6.45, 7) is 0. The minimum absolute atomic E-state index is 0.246. The molecule has 0 aliphatic heterocycles. The molecule has 0 bridgehead atoms. The summed E-state index contributed by atoms with van der Waals surface area (Å²) in [5, 5.41) is 8.48. The number of hydrogen-bond donors (Lipinski definition) is 0. The average Bonchev–Trinajstić information content (AvgIpc) is 2.20. The van der Waals surface area contributed by atoms with E-state index < -0.39 is 5.76 Å². The van der Waals surface area contributed by atoms with Crippen LogP contribution in [0, 0.1) is 11.3 Å². The van der Waals surface area contributed by atoms with E-state index >= 15 is 0 Å². The lowest BCUT2D eigenvalue weighted by Gasteiger charge is -2.08. The normalized spacial score (nSPS) is 10.1. The Morgan fingerprint density at radius 3 is 2.80 bits per heavy atom. The van der Waals surface area contributed by atoms with Crippen molar-refractivity contribution >= 4 is 11.8 Å². The lowest BCUT2D eigenvalue weighted by atomic mass is 10.1. The van der Waals surface area contributed by atoms with E-state index in [-0.39, 0.29) is 6.42 Å². The third kappa shape index (κ3) is 3.40. The Bertz CT molecular complexity index is 376. The smallest absolute Gasteiger partial charge is 0.289 e. The van der Waals surface area contributed by atoms with Gasteiger partial charge in [0.25, 0.3) is 5.76 Å². The topological polar surface area (TPSA) is 33.0 Å². The molecule has 2 nitrogen and oxygen atoms in total. The van der Waals surface area contributed by atoms with E-state index in [1.54, 1.807) is 18.2 Å². The van der Waals surface area contributed by atoms with Crippen LogP contribution in [0.2, 0.25) is 0 Å². The first kappa shape index (κ1) is 11.8. The Hall–Kier alpha value is -1.28. The third-order valence-corrected chi connectivity index (χ3v) is 2.50. The van der Waals surface area contributed by atoms with Crippen LogP contribution in [0.1, 0.15) is 5.56 Å². The van der Waals surface area contributed by atoms with Gasteiger partial charge in [0.2, 0.25) is 0 Å². The van der Waals surface area contributed by atoms with E-state index in [0.717, 1.165) is 5.56 Å². The van der Waals surface area contributed by atoms with Gasteiger partial charge in [-0.15, -0.1) is 0 Å². The van der Waals surface area contributed by atoms with Crippen LogP contribution in [0.5, 0.6) is 5.75 Å². The Morgan fingerprint density at radius 2 is 2.27 bits per heavy atom. The molecule has 0 saturated carbocycles. The predicted octanol–water partition coefficient (Wildman–Crippen LogP) is 3.08. The maximum Gasteiger partial charge on any atom is 0.289 e. The summed E-state index contributed by atoms with van der Waals surface area (Å²) in [5.41, 5.74) is 0.757. The van der Waals surface area contributed by atoms with Crippen molar-refractivity contribution in [1.82, 2.24) is 0 Å². The van der Waals surface area contributed by atoms with E-state index in [1.807, 2.05) is 6.07 Å². The molecule has 1 aromatic rings. The molecule has 0 unspecified atom stereocenters. The molecule has 1 rings (SSSR count). The van der Waals surface area contributed by atoms with Crippen molar-refractivity contribution in [2.75, 3.05) is 7.11 Å². The predicted molar refractivity (Wildman–Crippen MR) is 54.2 cm³/mol.